The van der Waals surface area contributed by atoms with Crippen LogP contribution in [0.3, 0.4) is 0 Å². The summed E-state index contributed by atoms with van der Waals surface area (Å²) in [5.41, 5.74) is 1.72. The van der Waals surface area contributed by atoms with Crippen molar-refractivity contribution in [2.75, 3.05) is 5.32 Å². The molecule has 0 radical (unpaired) electrons. The number of nitrogens with zero attached hydrogens (tertiary/aromatic N) is 1. The SMILES string of the molecule is Cc1ccc(C(=O)Nc2cc(C)c(Br)cn2)c(F)c1. The van der Waals surface area contributed by atoms with Crippen molar-refractivity contribution < 1.29 is 9.18 Å². The molecule has 1 aromatic heterocycles. The summed E-state index contributed by atoms with van der Waals surface area (Å²) in [4.78, 5) is 16.0. The number of pyridine rings is 1. The molecule has 0 fully saturated rings. The number of anilines is 1. The number of aryl methyl sites for hydroxylation is 2. The van der Waals surface area contributed by atoms with E-state index in [1.54, 1.807) is 25.3 Å². The molecule has 0 unspecified atom stereocenters. The smallest absolute Gasteiger partial charge is 0.259 e. The number of halogens is 2. The third-order valence-electron chi connectivity index (χ3n) is 2.66. The van der Waals surface area contributed by atoms with E-state index in [0.717, 1.165) is 15.6 Å². The molecule has 0 saturated heterocycles. The zero-order chi connectivity index (χ0) is 14.0. The number of carbonyl (C=O) groups is 1. The van der Waals surface area contributed by atoms with Gasteiger partial charge in [-0.15, -0.1) is 0 Å². The number of benzene rings is 1. The molecular formula is C14H12BrFN2O. The molecular weight excluding hydrogens is 311 g/mol. The first kappa shape index (κ1) is 13.7. The van der Waals surface area contributed by atoms with E-state index in [9.17, 15) is 9.18 Å². The van der Waals surface area contributed by atoms with E-state index in [1.165, 1.54) is 12.1 Å². The summed E-state index contributed by atoms with van der Waals surface area (Å²) in [6.07, 6.45) is 1.59. The second-order valence-electron chi connectivity index (χ2n) is 4.26. The van der Waals surface area contributed by atoms with Gasteiger partial charge in [0.1, 0.15) is 11.6 Å². The van der Waals surface area contributed by atoms with Crippen LogP contribution in [0.25, 0.3) is 0 Å². The third-order valence-corrected chi connectivity index (χ3v) is 3.49. The molecule has 2 aromatic rings. The Hall–Kier alpha value is -1.75. The van der Waals surface area contributed by atoms with Crippen LogP contribution in [0.15, 0.2) is 34.9 Å². The molecule has 0 saturated carbocycles. The molecule has 1 amide bonds. The molecule has 0 spiro atoms. The quantitative estimate of drug-likeness (QED) is 0.912. The Bertz CT molecular complexity index is 643. The maximum Gasteiger partial charge on any atom is 0.259 e. The van der Waals surface area contributed by atoms with Crippen LogP contribution in [-0.2, 0) is 0 Å². The summed E-state index contributed by atoms with van der Waals surface area (Å²) in [7, 11) is 0. The molecule has 19 heavy (non-hydrogen) atoms. The van der Waals surface area contributed by atoms with Gasteiger partial charge in [-0.25, -0.2) is 9.37 Å². The van der Waals surface area contributed by atoms with Crippen molar-refractivity contribution in [1.29, 1.82) is 0 Å². The molecule has 5 heteroatoms. The van der Waals surface area contributed by atoms with Crippen molar-refractivity contribution in [3.05, 3.63) is 57.4 Å². The lowest BCUT2D eigenvalue weighted by atomic mass is 10.1. The second kappa shape index (κ2) is 5.48. The number of carbonyl (C=O) groups excluding carboxylic acids is 1. The number of hydrogen-bond acceptors (Lipinski definition) is 2. The minimum atomic E-state index is -0.536. The van der Waals surface area contributed by atoms with E-state index < -0.39 is 11.7 Å². The first-order chi connectivity index (χ1) is 8.97. The van der Waals surface area contributed by atoms with E-state index in [1.807, 2.05) is 6.92 Å². The summed E-state index contributed by atoms with van der Waals surface area (Å²) < 4.78 is 14.5. The van der Waals surface area contributed by atoms with E-state index in [4.69, 9.17) is 0 Å². The molecule has 98 valence electrons. The Kier molecular flexibility index (Phi) is 3.95. The number of nitrogens with one attached hydrogen (secondary N) is 1. The standard InChI is InChI=1S/C14H12BrFN2O/c1-8-3-4-10(12(16)5-8)14(19)18-13-6-9(2)11(15)7-17-13/h3-7H,1-2H3,(H,17,18,19). The average Bonchev–Trinajstić information content (AvgIpc) is 2.33. The van der Waals surface area contributed by atoms with Gasteiger partial charge in [-0.05, 0) is 59.1 Å². The molecule has 0 atom stereocenters. The Labute approximate surface area is 119 Å². The van der Waals surface area contributed by atoms with Gasteiger partial charge in [0.2, 0.25) is 0 Å². The molecule has 1 N–H and O–H groups in total. The predicted octanol–water partition coefficient (Wildman–Crippen LogP) is 3.85. The van der Waals surface area contributed by atoms with Gasteiger partial charge in [-0.1, -0.05) is 6.07 Å². The summed E-state index contributed by atoms with van der Waals surface area (Å²) >= 11 is 3.32. The van der Waals surface area contributed by atoms with Crippen molar-refractivity contribution in [2.45, 2.75) is 13.8 Å². The second-order valence-corrected chi connectivity index (χ2v) is 5.11. The van der Waals surface area contributed by atoms with Gasteiger partial charge in [0.15, 0.2) is 0 Å². The van der Waals surface area contributed by atoms with Crippen molar-refractivity contribution in [2.24, 2.45) is 0 Å². The summed E-state index contributed by atoms with van der Waals surface area (Å²) in [5.74, 6) is -0.649. The fourth-order valence-corrected chi connectivity index (χ4v) is 1.81. The van der Waals surface area contributed by atoms with Crippen molar-refractivity contribution in [3.8, 4) is 0 Å². The molecule has 1 heterocycles. The number of hydrogen-bond donors (Lipinski definition) is 1. The zero-order valence-electron chi connectivity index (χ0n) is 10.5. The van der Waals surface area contributed by atoms with Crippen LogP contribution >= 0.6 is 15.9 Å². The molecule has 0 aliphatic heterocycles. The fourth-order valence-electron chi connectivity index (χ4n) is 1.60. The molecule has 0 aliphatic rings. The molecule has 0 bridgehead atoms. The highest BCUT2D eigenvalue weighted by atomic mass is 79.9. The van der Waals surface area contributed by atoms with Gasteiger partial charge in [-0.3, -0.25) is 4.79 Å². The summed E-state index contributed by atoms with van der Waals surface area (Å²) in [6, 6.07) is 6.20. The van der Waals surface area contributed by atoms with Crippen LogP contribution in [0.2, 0.25) is 0 Å². The maximum atomic E-state index is 13.7. The van der Waals surface area contributed by atoms with Gasteiger partial charge in [0.05, 0.1) is 5.56 Å². The van der Waals surface area contributed by atoms with Crippen molar-refractivity contribution in [1.82, 2.24) is 4.98 Å². The normalized spacial score (nSPS) is 10.3. The Balaban J connectivity index is 2.23. The largest absolute Gasteiger partial charge is 0.306 e. The van der Waals surface area contributed by atoms with Crippen LogP contribution in [0.5, 0.6) is 0 Å². The fraction of sp³-hybridized carbons (Fsp3) is 0.143. The van der Waals surface area contributed by atoms with E-state index in [0.29, 0.717) is 5.82 Å². The highest BCUT2D eigenvalue weighted by Crippen LogP contribution is 2.18. The highest BCUT2D eigenvalue weighted by molar-refractivity contribution is 9.10. The Morgan fingerprint density at radius 2 is 2.05 bits per heavy atom. The van der Waals surface area contributed by atoms with Crippen LogP contribution in [0, 0.1) is 19.7 Å². The predicted molar refractivity (Wildman–Crippen MR) is 75.8 cm³/mol. The van der Waals surface area contributed by atoms with Crippen molar-refractivity contribution >= 4 is 27.7 Å². The van der Waals surface area contributed by atoms with E-state index in [-0.39, 0.29) is 5.56 Å². The van der Waals surface area contributed by atoms with Gasteiger partial charge >= 0.3 is 0 Å². The lowest BCUT2D eigenvalue weighted by Gasteiger charge is -2.07. The monoisotopic (exact) mass is 322 g/mol. The van der Waals surface area contributed by atoms with Gasteiger partial charge in [-0.2, -0.15) is 0 Å². The zero-order valence-corrected chi connectivity index (χ0v) is 12.1. The van der Waals surface area contributed by atoms with Gasteiger partial charge in [0.25, 0.3) is 5.91 Å². The average molecular weight is 323 g/mol. The van der Waals surface area contributed by atoms with Crippen LogP contribution < -0.4 is 5.32 Å². The highest BCUT2D eigenvalue weighted by Gasteiger charge is 2.12. The topological polar surface area (TPSA) is 42.0 Å². The molecule has 0 aliphatic carbocycles. The number of aromatic nitrogens is 1. The summed E-state index contributed by atoms with van der Waals surface area (Å²) in [5, 5.41) is 2.58. The van der Waals surface area contributed by atoms with Gasteiger partial charge < -0.3 is 5.32 Å². The number of rotatable bonds is 2. The Morgan fingerprint density at radius 3 is 2.68 bits per heavy atom. The molecule has 3 nitrogen and oxygen atoms in total. The first-order valence-corrected chi connectivity index (χ1v) is 6.46. The van der Waals surface area contributed by atoms with Crippen molar-refractivity contribution in [3.63, 3.8) is 0 Å². The van der Waals surface area contributed by atoms with Crippen LogP contribution in [0.4, 0.5) is 10.2 Å². The molecule has 2 rings (SSSR count). The minimum absolute atomic E-state index is 0.00738. The lowest BCUT2D eigenvalue weighted by Crippen LogP contribution is -2.14. The summed E-state index contributed by atoms with van der Waals surface area (Å²) in [6.45, 7) is 3.65. The lowest BCUT2D eigenvalue weighted by molar-refractivity contribution is 0.102. The van der Waals surface area contributed by atoms with Crippen LogP contribution in [-0.4, -0.2) is 10.9 Å². The van der Waals surface area contributed by atoms with Gasteiger partial charge in [0, 0.05) is 10.7 Å². The third kappa shape index (κ3) is 3.17. The number of amides is 1. The molecule has 1 aromatic carbocycles. The maximum absolute atomic E-state index is 13.7. The van der Waals surface area contributed by atoms with Crippen LogP contribution in [0.1, 0.15) is 21.5 Å². The Morgan fingerprint density at radius 1 is 1.32 bits per heavy atom. The van der Waals surface area contributed by atoms with E-state index >= 15 is 0 Å². The first-order valence-electron chi connectivity index (χ1n) is 5.67. The van der Waals surface area contributed by atoms with E-state index in [2.05, 4.69) is 26.2 Å². The minimum Gasteiger partial charge on any atom is -0.306 e.